The van der Waals surface area contributed by atoms with E-state index in [4.69, 9.17) is 0 Å². The molecule has 0 aliphatic carbocycles. The van der Waals surface area contributed by atoms with Crippen molar-refractivity contribution in [2.75, 3.05) is 18.6 Å². The number of nitrogens with zero attached hydrogens (tertiary/aromatic N) is 1. The third kappa shape index (κ3) is 2.76. The van der Waals surface area contributed by atoms with E-state index >= 15 is 0 Å². The van der Waals surface area contributed by atoms with Crippen LogP contribution in [-0.4, -0.2) is 24.8 Å². The molecule has 1 N–H and O–H groups in total. The van der Waals surface area contributed by atoms with Crippen molar-refractivity contribution in [2.24, 2.45) is 5.92 Å². The number of anilines is 1. The molecule has 0 bridgehead atoms. The van der Waals surface area contributed by atoms with E-state index in [1.54, 1.807) is 0 Å². The highest BCUT2D eigenvalue weighted by molar-refractivity contribution is 5.54. The van der Waals surface area contributed by atoms with Crippen molar-refractivity contribution in [3.05, 3.63) is 29.3 Å². The van der Waals surface area contributed by atoms with Gasteiger partial charge < -0.3 is 10.0 Å². The number of aliphatic hydroxyl groups excluding tert-OH is 1. The molecule has 1 aromatic carbocycles. The zero-order valence-electron chi connectivity index (χ0n) is 11.0. The van der Waals surface area contributed by atoms with E-state index in [0.717, 1.165) is 0 Å². The van der Waals surface area contributed by atoms with Gasteiger partial charge in [-0.3, -0.25) is 0 Å². The Labute approximate surface area is 98.9 Å². The van der Waals surface area contributed by atoms with Gasteiger partial charge in [0.1, 0.15) is 0 Å². The van der Waals surface area contributed by atoms with Gasteiger partial charge in [0.15, 0.2) is 0 Å². The number of likely N-dealkylation sites (N-methyl/N-ethyl adjacent to an activating group) is 1. The molecule has 1 aromatic rings. The average Bonchev–Trinajstić information content (AvgIpc) is 2.17. The number of aryl methyl sites for hydroxylation is 2. The predicted octanol–water partition coefficient (Wildman–Crippen LogP) is 2.76. The Kier molecular flexibility index (Phi) is 4.36. The van der Waals surface area contributed by atoms with Gasteiger partial charge in [-0.2, -0.15) is 0 Å². The summed E-state index contributed by atoms with van der Waals surface area (Å²) in [6.45, 7) is 8.69. The summed E-state index contributed by atoms with van der Waals surface area (Å²) in [7, 11) is 2.05. The number of benzene rings is 1. The third-order valence-corrected chi connectivity index (χ3v) is 3.19. The standard InChI is InChI=1S/C14H23NO/c1-10(2)14(9-16)15(5)13-7-6-11(3)8-12(13)4/h6-8,10,14,16H,9H2,1-5H3. The van der Waals surface area contributed by atoms with Crippen molar-refractivity contribution in [3.63, 3.8) is 0 Å². The molecule has 0 saturated carbocycles. The molecule has 1 unspecified atom stereocenters. The Hall–Kier alpha value is -1.02. The first-order chi connectivity index (χ1) is 7.47. The summed E-state index contributed by atoms with van der Waals surface area (Å²) in [5.74, 6) is 0.440. The summed E-state index contributed by atoms with van der Waals surface area (Å²) in [5, 5.41) is 9.43. The molecule has 90 valence electrons. The smallest absolute Gasteiger partial charge is 0.0637 e. The minimum atomic E-state index is 0.182. The lowest BCUT2D eigenvalue weighted by atomic mass is 10.0. The molecular formula is C14H23NO. The van der Waals surface area contributed by atoms with Gasteiger partial charge in [0.25, 0.3) is 0 Å². The molecule has 0 amide bonds. The molecule has 0 radical (unpaired) electrons. The van der Waals surface area contributed by atoms with Crippen LogP contribution in [0.1, 0.15) is 25.0 Å². The molecular weight excluding hydrogens is 198 g/mol. The maximum atomic E-state index is 9.43. The average molecular weight is 221 g/mol. The molecule has 0 aliphatic heterocycles. The van der Waals surface area contributed by atoms with Crippen LogP contribution in [0.2, 0.25) is 0 Å². The third-order valence-electron chi connectivity index (χ3n) is 3.19. The quantitative estimate of drug-likeness (QED) is 0.845. The summed E-state index contributed by atoms with van der Waals surface area (Å²) in [6, 6.07) is 6.62. The highest BCUT2D eigenvalue weighted by Crippen LogP contribution is 2.24. The molecule has 2 heteroatoms. The van der Waals surface area contributed by atoms with E-state index in [9.17, 15) is 5.11 Å². The highest BCUT2D eigenvalue weighted by atomic mass is 16.3. The monoisotopic (exact) mass is 221 g/mol. The lowest BCUT2D eigenvalue weighted by Crippen LogP contribution is -2.39. The largest absolute Gasteiger partial charge is 0.394 e. The molecule has 0 spiro atoms. The summed E-state index contributed by atoms with van der Waals surface area (Å²) in [4.78, 5) is 2.18. The Morgan fingerprint density at radius 3 is 2.31 bits per heavy atom. The molecule has 1 rings (SSSR count). The SMILES string of the molecule is Cc1ccc(N(C)C(CO)C(C)C)c(C)c1. The van der Waals surface area contributed by atoms with E-state index in [1.165, 1.54) is 16.8 Å². The summed E-state index contributed by atoms with van der Waals surface area (Å²) >= 11 is 0. The molecule has 0 aliphatic rings. The Morgan fingerprint density at radius 1 is 1.25 bits per heavy atom. The van der Waals surface area contributed by atoms with Crippen molar-refractivity contribution in [1.29, 1.82) is 0 Å². The number of aliphatic hydroxyl groups is 1. The van der Waals surface area contributed by atoms with Gasteiger partial charge in [-0.1, -0.05) is 31.5 Å². The van der Waals surface area contributed by atoms with Gasteiger partial charge in [-0.05, 0) is 31.4 Å². The normalized spacial score (nSPS) is 12.9. The Morgan fingerprint density at radius 2 is 1.88 bits per heavy atom. The minimum absolute atomic E-state index is 0.182. The summed E-state index contributed by atoms with van der Waals surface area (Å²) in [5.41, 5.74) is 3.75. The van der Waals surface area contributed by atoms with Crippen LogP contribution in [0.25, 0.3) is 0 Å². The maximum Gasteiger partial charge on any atom is 0.0637 e. The van der Waals surface area contributed by atoms with Crippen LogP contribution in [0, 0.1) is 19.8 Å². The second-order valence-electron chi connectivity index (χ2n) is 4.89. The van der Waals surface area contributed by atoms with Crippen LogP contribution in [0.4, 0.5) is 5.69 Å². The molecule has 2 nitrogen and oxygen atoms in total. The number of hydrogen-bond acceptors (Lipinski definition) is 2. The van der Waals surface area contributed by atoms with E-state index in [1.807, 2.05) is 0 Å². The fraction of sp³-hybridized carbons (Fsp3) is 0.571. The van der Waals surface area contributed by atoms with Gasteiger partial charge in [-0.25, -0.2) is 0 Å². The van der Waals surface area contributed by atoms with Crippen LogP contribution in [-0.2, 0) is 0 Å². The van der Waals surface area contributed by atoms with Gasteiger partial charge in [-0.15, -0.1) is 0 Å². The van der Waals surface area contributed by atoms with Crippen molar-refractivity contribution >= 4 is 5.69 Å². The lowest BCUT2D eigenvalue weighted by Gasteiger charge is -2.32. The highest BCUT2D eigenvalue weighted by Gasteiger charge is 2.19. The fourth-order valence-corrected chi connectivity index (χ4v) is 2.16. The first kappa shape index (κ1) is 13.0. The zero-order chi connectivity index (χ0) is 12.3. The summed E-state index contributed by atoms with van der Waals surface area (Å²) < 4.78 is 0. The Bertz CT molecular complexity index is 347. The first-order valence-corrected chi connectivity index (χ1v) is 5.88. The van der Waals surface area contributed by atoms with Crippen LogP contribution >= 0.6 is 0 Å². The van der Waals surface area contributed by atoms with Gasteiger partial charge in [0.2, 0.25) is 0 Å². The van der Waals surface area contributed by atoms with Crippen LogP contribution < -0.4 is 4.90 Å². The minimum Gasteiger partial charge on any atom is -0.394 e. The number of rotatable bonds is 4. The first-order valence-electron chi connectivity index (χ1n) is 5.88. The predicted molar refractivity (Wildman–Crippen MR) is 70.0 cm³/mol. The zero-order valence-corrected chi connectivity index (χ0v) is 11.0. The van der Waals surface area contributed by atoms with Crippen molar-refractivity contribution in [3.8, 4) is 0 Å². The topological polar surface area (TPSA) is 23.5 Å². The fourth-order valence-electron chi connectivity index (χ4n) is 2.16. The van der Waals surface area contributed by atoms with Crippen molar-refractivity contribution < 1.29 is 5.11 Å². The van der Waals surface area contributed by atoms with Gasteiger partial charge >= 0.3 is 0 Å². The summed E-state index contributed by atoms with van der Waals surface area (Å²) in [6.07, 6.45) is 0. The van der Waals surface area contributed by atoms with E-state index in [0.29, 0.717) is 5.92 Å². The second kappa shape index (κ2) is 5.35. The molecule has 0 heterocycles. The maximum absolute atomic E-state index is 9.43. The van der Waals surface area contributed by atoms with Gasteiger partial charge in [0.05, 0.1) is 12.6 Å². The molecule has 16 heavy (non-hydrogen) atoms. The van der Waals surface area contributed by atoms with Gasteiger partial charge in [0, 0.05) is 12.7 Å². The second-order valence-corrected chi connectivity index (χ2v) is 4.89. The Balaban J connectivity index is 2.99. The van der Waals surface area contributed by atoms with Crippen LogP contribution in [0.3, 0.4) is 0 Å². The molecule has 1 atom stereocenters. The van der Waals surface area contributed by atoms with E-state index < -0.39 is 0 Å². The van der Waals surface area contributed by atoms with E-state index in [-0.39, 0.29) is 12.6 Å². The van der Waals surface area contributed by atoms with Crippen LogP contribution in [0.5, 0.6) is 0 Å². The van der Waals surface area contributed by atoms with Crippen molar-refractivity contribution in [2.45, 2.75) is 33.7 Å². The number of hydrogen-bond donors (Lipinski definition) is 1. The van der Waals surface area contributed by atoms with Crippen LogP contribution in [0.15, 0.2) is 18.2 Å². The molecule has 0 fully saturated rings. The van der Waals surface area contributed by atoms with Crippen molar-refractivity contribution in [1.82, 2.24) is 0 Å². The molecule has 0 aromatic heterocycles. The molecule has 0 saturated heterocycles. The van der Waals surface area contributed by atoms with E-state index in [2.05, 4.69) is 57.8 Å². The lowest BCUT2D eigenvalue weighted by molar-refractivity contribution is 0.234.